The van der Waals surface area contributed by atoms with Gasteiger partial charge in [-0.3, -0.25) is 4.79 Å². The Bertz CT molecular complexity index is 1000. The smallest absolute Gasteiger partial charge is 0.413 e. The van der Waals surface area contributed by atoms with Crippen LogP contribution in [0.3, 0.4) is 0 Å². The first-order chi connectivity index (χ1) is 15.0. The molecule has 0 aliphatic carbocycles. The molecule has 0 unspecified atom stereocenters. The normalized spacial score (nSPS) is 11.9. The molecule has 2 aromatic carbocycles. The van der Waals surface area contributed by atoms with Crippen molar-refractivity contribution >= 4 is 12.0 Å². The molecular formula is C23H25F2N3O4. The molecule has 0 radical (unpaired) electrons. The molecular weight excluding hydrogens is 420 g/mol. The molecule has 0 fully saturated rings. The highest BCUT2D eigenvalue weighted by atomic mass is 19.1. The van der Waals surface area contributed by atoms with Crippen molar-refractivity contribution in [2.24, 2.45) is 5.92 Å². The number of carbonyl (C=O) groups excluding carboxylic acids is 2. The van der Waals surface area contributed by atoms with E-state index in [1.54, 1.807) is 52.0 Å². The van der Waals surface area contributed by atoms with Gasteiger partial charge in [0.05, 0.1) is 17.2 Å². The molecule has 2 rings (SSSR count). The number of hydrogen-bond donors (Lipinski definition) is 2. The zero-order valence-electron chi connectivity index (χ0n) is 18.2. The van der Waals surface area contributed by atoms with Crippen LogP contribution in [-0.2, 0) is 4.79 Å². The minimum Gasteiger partial charge on any atom is -0.491 e. The van der Waals surface area contributed by atoms with Gasteiger partial charge in [-0.1, -0.05) is 13.8 Å². The molecule has 0 bridgehead atoms. The van der Waals surface area contributed by atoms with Crippen LogP contribution in [0.2, 0.25) is 0 Å². The maximum atomic E-state index is 13.7. The largest absolute Gasteiger partial charge is 0.491 e. The average Bonchev–Trinajstić information content (AvgIpc) is 2.72. The first kappa shape index (κ1) is 24.6. The number of halogens is 2. The summed E-state index contributed by atoms with van der Waals surface area (Å²) < 4.78 is 37.3. The summed E-state index contributed by atoms with van der Waals surface area (Å²) in [5.74, 6) is -2.55. The Hall–Kier alpha value is -3.67. The molecule has 2 aromatic rings. The molecule has 0 saturated carbocycles. The molecule has 32 heavy (non-hydrogen) atoms. The first-order valence-corrected chi connectivity index (χ1v) is 9.89. The van der Waals surface area contributed by atoms with Crippen LogP contribution in [0.1, 0.15) is 33.3 Å². The maximum absolute atomic E-state index is 13.7. The van der Waals surface area contributed by atoms with Gasteiger partial charge < -0.3 is 20.1 Å². The van der Waals surface area contributed by atoms with E-state index in [0.717, 1.165) is 12.1 Å². The summed E-state index contributed by atoms with van der Waals surface area (Å²) in [4.78, 5) is 25.0. The van der Waals surface area contributed by atoms with E-state index in [-0.39, 0.29) is 12.5 Å². The number of rotatable bonds is 8. The van der Waals surface area contributed by atoms with Crippen molar-refractivity contribution < 1.29 is 27.8 Å². The minimum absolute atomic E-state index is 0.126. The van der Waals surface area contributed by atoms with E-state index in [0.29, 0.717) is 17.4 Å². The quantitative estimate of drug-likeness (QED) is 0.641. The van der Waals surface area contributed by atoms with Gasteiger partial charge in [0, 0.05) is 6.07 Å². The van der Waals surface area contributed by atoms with Gasteiger partial charge in [0.1, 0.15) is 24.2 Å². The maximum Gasteiger partial charge on any atom is 0.413 e. The third-order valence-corrected chi connectivity index (χ3v) is 4.36. The molecule has 0 aromatic heterocycles. The summed E-state index contributed by atoms with van der Waals surface area (Å²) in [7, 11) is 0. The zero-order chi connectivity index (χ0) is 23.9. The number of ether oxygens (including phenoxy) is 2. The Labute approximate surface area is 185 Å². The van der Waals surface area contributed by atoms with Gasteiger partial charge >= 0.3 is 6.09 Å². The summed E-state index contributed by atoms with van der Waals surface area (Å²) in [6, 6.07) is 10.1. The van der Waals surface area contributed by atoms with E-state index in [4.69, 9.17) is 14.7 Å². The van der Waals surface area contributed by atoms with Crippen molar-refractivity contribution in [1.29, 1.82) is 5.26 Å². The Morgan fingerprint density at radius 1 is 1.12 bits per heavy atom. The number of carbonyl (C=O) groups is 2. The van der Waals surface area contributed by atoms with Crippen LogP contribution >= 0.6 is 0 Å². The Kier molecular flexibility index (Phi) is 8.13. The van der Waals surface area contributed by atoms with E-state index in [9.17, 15) is 18.4 Å². The molecule has 170 valence electrons. The standard InChI is InChI=1S/C23H25F2N3O4/c1-14(2)20(27-22(30)32-19-10-7-16(24)11-18(19)25)21(29)28-23(3,4)13-31-17-8-5-15(12-26)6-9-17/h5-11,14,20H,13H2,1-4H3,(H,27,30)(H,28,29)/t20-/m0/s1. The number of amides is 2. The molecule has 0 aliphatic rings. The van der Waals surface area contributed by atoms with Gasteiger partial charge in [0.25, 0.3) is 0 Å². The second kappa shape index (κ2) is 10.6. The second-order valence-electron chi connectivity index (χ2n) is 8.13. The van der Waals surface area contributed by atoms with Crippen molar-refractivity contribution in [3.05, 3.63) is 59.7 Å². The second-order valence-corrected chi connectivity index (χ2v) is 8.13. The lowest BCUT2D eigenvalue weighted by atomic mass is 10.0. The van der Waals surface area contributed by atoms with Crippen molar-refractivity contribution in [3.8, 4) is 17.6 Å². The SMILES string of the molecule is CC(C)[C@H](NC(=O)Oc1ccc(F)cc1F)C(=O)NC(C)(C)COc1ccc(C#N)cc1. The predicted octanol–water partition coefficient (Wildman–Crippen LogP) is 3.92. The molecule has 0 saturated heterocycles. The lowest BCUT2D eigenvalue weighted by Crippen LogP contribution is -2.57. The zero-order valence-corrected chi connectivity index (χ0v) is 18.2. The van der Waals surface area contributed by atoms with Gasteiger partial charge in [-0.15, -0.1) is 0 Å². The van der Waals surface area contributed by atoms with Crippen molar-refractivity contribution in [2.45, 2.75) is 39.3 Å². The van der Waals surface area contributed by atoms with Crippen molar-refractivity contribution in [3.63, 3.8) is 0 Å². The first-order valence-electron chi connectivity index (χ1n) is 9.89. The molecule has 0 heterocycles. The Morgan fingerprint density at radius 2 is 1.78 bits per heavy atom. The Balaban J connectivity index is 1.96. The van der Waals surface area contributed by atoms with Gasteiger partial charge in [0.15, 0.2) is 11.6 Å². The topological polar surface area (TPSA) is 100 Å². The van der Waals surface area contributed by atoms with E-state index >= 15 is 0 Å². The number of nitrogens with zero attached hydrogens (tertiary/aromatic N) is 1. The molecule has 2 N–H and O–H groups in total. The van der Waals surface area contributed by atoms with Crippen LogP contribution < -0.4 is 20.1 Å². The van der Waals surface area contributed by atoms with Crippen LogP contribution in [0.4, 0.5) is 13.6 Å². The fourth-order valence-electron chi connectivity index (χ4n) is 2.69. The fourth-order valence-corrected chi connectivity index (χ4v) is 2.69. The van der Waals surface area contributed by atoms with Gasteiger partial charge in [0.2, 0.25) is 5.91 Å². The summed E-state index contributed by atoms with van der Waals surface area (Å²) in [6.45, 7) is 7.07. The third kappa shape index (κ3) is 7.23. The van der Waals surface area contributed by atoms with Crippen molar-refractivity contribution in [1.82, 2.24) is 10.6 Å². The predicted molar refractivity (Wildman–Crippen MR) is 113 cm³/mol. The highest BCUT2D eigenvalue weighted by Gasteiger charge is 2.30. The average molecular weight is 445 g/mol. The highest BCUT2D eigenvalue weighted by Crippen LogP contribution is 2.18. The fraction of sp³-hybridized carbons (Fsp3) is 0.348. The number of nitrogens with one attached hydrogen (secondary N) is 2. The summed E-state index contributed by atoms with van der Waals surface area (Å²) in [6.07, 6.45) is -1.05. The highest BCUT2D eigenvalue weighted by molar-refractivity contribution is 5.86. The van der Waals surface area contributed by atoms with Gasteiger partial charge in [-0.25, -0.2) is 13.6 Å². The number of nitriles is 1. The van der Waals surface area contributed by atoms with Crippen LogP contribution in [0.15, 0.2) is 42.5 Å². The lowest BCUT2D eigenvalue weighted by Gasteiger charge is -2.30. The van der Waals surface area contributed by atoms with Crippen LogP contribution in [0.25, 0.3) is 0 Å². The molecule has 9 heteroatoms. The monoisotopic (exact) mass is 445 g/mol. The van der Waals surface area contributed by atoms with E-state index in [2.05, 4.69) is 10.6 Å². The van der Waals surface area contributed by atoms with Crippen LogP contribution in [0.5, 0.6) is 11.5 Å². The third-order valence-electron chi connectivity index (χ3n) is 4.36. The summed E-state index contributed by atoms with van der Waals surface area (Å²) in [5.41, 5.74) is -0.296. The van der Waals surface area contributed by atoms with Gasteiger partial charge in [-0.05, 0) is 56.2 Å². The van der Waals surface area contributed by atoms with Gasteiger partial charge in [-0.2, -0.15) is 5.26 Å². The van der Waals surface area contributed by atoms with E-state index in [1.807, 2.05) is 6.07 Å². The minimum atomic E-state index is -1.05. The number of benzene rings is 2. The molecule has 1 atom stereocenters. The summed E-state index contributed by atoms with van der Waals surface area (Å²) in [5, 5.41) is 14.1. The Morgan fingerprint density at radius 3 is 2.34 bits per heavy atom. The number of hydrogen-bond acceptors (Lipinski definition) is 5. The van der Waals surface area contributed by atoms with E-state index in [1.165, 1.54) is 0 Å². The molecule has 0 spiro atoms. The van der Waals surface area contributed by atoms with E-state index < -0.39 is 41.0 Å². The lowest BCUT2D eigenvalue weighted by molar-refractivity contribution is -0.126. The molecule has 7 nitrogen and oxygen atoms in total. The molecule has 2 amide bonds. The molecule has 0 aliphatic heterocycles. The van der Waals surface area contributed by atoms with Crippen LogP contribution in [0, 0.1) is 28.9 Å². The van der Waals surface area contributed by atoms with Crippen molar-refractivity contribution in [2.75, 3.05) is 6.61 Å². The van der Waals surface area contributed by atoms with Crippen LogP contribution in [-0.4, -0.2) is 30.2 Å². The summed E-state index contributed by atoms with van der Waals surface area (Å²) >= 11 is 0.